The highest BCUT2D eigenvalue weighted by Gasteiger charge is 2.14. The summed E-state index contributed by atoms with van der Waals surface area (Å²) in [5.41, 5.74) is 5.27. The fourth-order valence-corrected chi connectivity index (χ4v) is 5.42. The molecule has 0 aliphatic carbocycles. The normalized spacial score (nSPS) is 13.0. The molecule has 0 fully saturated rings. The molecule has 0 saturated carbocycles. The highest BCUT2D eigenvalue weighted by Crippen LogP contribution is 2.42. The van der Waals surface area contributed by atoms with E-state index in [4.69, 9.17) is 0 Å². The highest BCUT2D eigenvalue weighted by atomic mass is 16.3. The van der Waals surface area contributed by atoms with Gasteiger partial charge in [-0.25, -0.2) is 0 Å². The maximum absolute atomic E-state index is 11.1. The largest absolute Gasteiger partial charge is 0.507 e. The first kappa shape index (κ1) is 29.8. The number of aromatic hydroxyl groups is 2. The summed E-state index contributed by atoms with van der Waals surface area (Å²) in [5, 5.41) is 25.2. The van der Waals surface area contributed by atoms with Crippen molar-refractivity contribution in [1.29, 1.82) is 0 Å². The first-order chi connectivity index (χ1) is 18.2. The maximum atomic E-state index is 11.1. The van der Waals surface area contributed by atoms with Crippen LogP contribution in [0.5, 0.6) is 11.5 Å². The first-order valence-corrected chi connectivity index (χ1v) is 14.8. The van der Waals surface area contributed by atoms with Gasteiger partial charge in [-0.15, -0.1) is 0 Å². The van der Waals surface area contributed by atoms with Gasteiger partial charge in [0.1, 0.15) is 11.5 Å². The molecule has 0 aliphatic heterocycles. The van der Waals surface area contributed by atoms with Crippen LogP contribution in [0.3, 0.4) is 0 Å². The van der Waals surface area contributed by atoms with Crippen molar-refractivity contribution >= 4 is 21.5 Å². The van der Waals surface area contributed by atoms with Crippen LogP contribution < -0.4 is 0 Å². The van der Waals surface area contributed by atoms with Gasteiger partial charge in [-0.3, -0.25) is 0 Å². The van der Waals surface area contributed by atoms with Gasteiger partial charge in [0.25, 0.3) is 0 Å². The number of hydrogen-bond acceptors (Lipinski definition) is 2. The molecule has 0 aliphatic rings. The van der Waals surface area contributed by atoms with E-state index in [0.717, 1.165) is 59.6 Å². The number of phenols is 2. The number of aryl methyl sites for hydroxylation is 2. The molecule has 2 N–H and O–H groups in total. The molecule has 0 bridgehead atoms. The Bertz CT molecular complexity index is 1260. The average Bonchev–Trinajstić information content (AvgIpc) is 2.86. The molecule has 3 aromatic rings. The fraction of sp³-hybridized carbons (Fsp3) is 0.500. The zero-order valence-electron chi connectivity index (χ0n) is 24.7. The van der Waals surface area contributed by atoms with Gasteiger partial charge in [0.05, 0.1) is 0 Å². The summed E-state index contributed by atoms with van der Waals surface area (Å²) in [5.74, 6) is 2.03. The van der Waals surface area contributed by atoms with Crippen molar-refractivity contribution in [3.63, 3.8) is 0 Å². The van der Waals surface area contributed by atoms with Gasteiger partial charge in [0, 0.05) is 21.5 Å². The van der Waals surface area contributed by atoms with Gasteiger partial charge in [-0.1, -0.05) is 81.2 Å². The molecule has 1 unspecified atom stereocenters. The van der Waals surface area contributed by atoms with Gasteiger partial charge in [0.2, 0.25) is 0 Å². The monoisotopic (exact) mass is 514 g/mol. The molecule has 2 heteroatoms. The fourth-order valence-electron chi connectivity index (χ4n) is 5.42. The van der Waals surface area contributed by atoms with E-state index >= 15 is 0 Å². The Kier molecular flexibility index (Phi) is 11.3. The summed E-state index contributed by atoms with van der Waals surface area (Å²) in [6.07, 6.45) is 16.1. The van der Waals surface area contributed by atoms with Gasteiger partial charge in [-0.05, 0) is 107 Å². The van der Waals surface area contributed by atoms with Crippen LogP contribution in [0.15, 0.2) is 59.7 Å². The summed E-state index contributed by atoms with van der Waals surface area (Å²) in [7, 11) is 0. The molecule has 1 atom stereocenters. The van der Waals surface area contributed by atoms with Crippen molar-refractivity contribution in [3.05, 3.63) is 70.8 Å². The molecule has 38 heavy (non-hydrogen) atoms. The van der Waals surface area contributed by atoms with E-state index in [1.54, 1.807) is 0 Å². The summed E-state index contributed by atoms with van der Waals surface area (Å²) >= 11 is 0. The minimum Gasteiger partial charge on any atom is -0.507 e. The zero-order valence-corrected chi connectivity index (χ0v) is 24.7. The van der Waals surface area contributed by atoms with Crippen molar-refractivity contribution in [2.75, 3.05) is 0 Å². The smallest absolute Gasteiger partial charge is 0.131 e. The number of rotatable bonds is 14. The van der Waals surface area contributed by atoms with Crippen LogP contribution in [-0.4, -0.2) is 10.2 Å². The first-order valence-electron chi connectivity index (χ1n) is 14.8. The van der Waals surface area contributed by atoms with Crippen LogP contribution in [0.25, 0.3) is 21.5 Å². The molecule has 206 valence electrons. The SMILES string of the molecule is CC(C)=CCCC(C)CCCc1ccc2c(O)c3cc(CCC=C(C)CCCC(C)C)ccc3c(O)c2c1. The maximum Gasteiger partial charge on any atom is 0.131 e. The van der Waals surface area contributed by atoms with E-state index in [9.17, 15) is 10.2 Å². The second kappa shape index (κ2) is 14.4. The number of benzene rings is 3. The Balaban J connectivity index is 1.67. The van der Waals surface area contributed by atoms with E-state index in [0.29, 0.717) is 5.92 Å². The molecular weight excluding hydrogens is 464 g/mol. The second-order valence-electron chi connectivity index (χ2n) is 12.2. The van der Waals surface area contributed by atoms with Crippen LogP contribution in [-0.2, 0) is 12.8 Å². The lowest BCUT2D eigenvalue weighted by atomic mass is 9.94. The van der Waals surface area contributed by atoms with Crippen LogP contribution >= 0.6 is 0 Å². The van der Waals surface area contributed by atoms with Crippen molar-refractivity contribution in [2.45, 2.75) is 106 Å². The van der Waals surface area contributed by atoms with Crippen molar-refractivity contribution in [2.24, 2.45) is 11.8 Å². The molecule has 3 rings (SSSR count). The molecule has 3 aromatic carbocycles. The highest BCUT2D eigenvalue weighted by molar-refractivity contribution is 6.10. The van der Waals surface area contributed by atoms with Gasteiger partial charge >= 0.3 is 0 Å². The number of hydrogen-bond donors (Lipinski definition) is 2. The Morgan fingerprint density at radius 1 is 0.684 bits per heavy atom. The molecule has 0 aromatic heterocycles. The molecule has 0 amide bonds. The zero-order chi connectivity index (χ0) is 27.7. The molecule has 0 saturated heterocycles. The van der Waals surface area contributed by atoms with Crippen LogP contribution in [0, 0.1) is 11.8 Å². The minimum absolute atomic E-state index is 0.273. The number of phenolic OH excluding ortho intramolecular Hbond substituents is 2. The number of allylic oxidation sites excluding steroid dienone is 4. The molecule has 0 radical (unpaired) electrons. The third kappa shape index (κ3) is 8.65. The topological polar surface area (TPSA) is 40.5 Å². The summed E-state index contributed by atoms with van der Waals surface area (Å²) < 4.78 is 0. The van der Waals surface area contributed by atoms with Crippen LogP contribution in [0.1, 0.15) is 104 Å². The Hall–Kier alpha value is -2.74. The Morgan fingerprint density at radius 2 is 1.29 bits per heavy atom. The van der Waals surface area contributed by atoms with Gasteiger partial charge in [-0.2, -0.15) is 0 Å². The average molecular weight is 515 g/mol. The van der Waals surface area contributed by atoms with Gasteiger partial charge in [0.15, 0.2) is 0 Å². The van der Waals surface area contributed by atoms with E-state index in [-0.39, 0.29) is 11.5 Å². The van der Waals surface area contributed by atoms with E-state index < -0.39 is 0 Å². The van der Waals surface area contributed by atoms with Crippen LogP contribution in [0.2, 0.25) is 0 Å². The van der Waals surface area contributed by atoms with Crippen molar-refractivity contribution in [3.8, 4) is 11.5 Å². The lowest BCUT2D eigenvalue weighted by Gasteiger charge is -2.13. The molecule has 0 heterocycles. The van der Waals surface area contributed by atoms with E-state index in [2.05, 4.69) is 78.0 Å². The summed E-state index contributed by atoms with van der Waals surface area (Å²) in [4.78, 5) is 0. The number of fused-ring (bicyclic) bond motifs is 2. The predicted octanol–water partition coefficient (Wildman–Crippen LogP) is 10.8. The minimum atomic E-state index is 0.273. The predicted molar refractivity (Wildman–Crippen MR) is 166 cm³/mol. The second-order valence-corrected chi connectivity index (χ2v) is 12.2. The molecule has 2 nitrogen and oxygen atoms in total. The van der Waals surface area contributed by atoms with Gasteiger partial charge < -0.3 is 10.2 Å². The standard InChI is InChI=1S/C36H50O2/c1-25(2)11-7-13-27(5)15-9-17-29-19-21-31-33(23-29)35(37)32-22-20-30(24-34(32)36(31)38)18-10-16-28(6)14-8-12-26(3)4/h11,16,19-24,26-27,37-38H,7-10,12-15,17-18H2,1-6H3. The third-order valence-electron chi connectivity index (χ3n) is 7.84. The summed E-state index contributed by atoms with van der Waals surface area (Å²) in [6, 6.07) is 12.3. The van der Waals surface area contributed by atoms with Crippen molar-refractivity contribution in [1.82, 2.24) is 0 Å². The molecule has 0 spiro atoms. The molecular formula is C36H50O2. The lowest BCUT2D eigenvalue weighted by molar-refractivity contribution is 0.477. The Labute approximate surface area is 231 Å². The quantitative estimate of drug-likeness (QED) is 0.128. The summed E-state index contributed by atoms with van der Waals surface area (Å²) in [6.45, 7) is 13.5. The third-order valence-corrected chi connectivity index (χ3v) is 7.84. The van der Waals surface area contributed by atoms with E-state index in [1.165, 1.54) is 54.4 Å². The van der Waals surface area contributed by atoms with E-state index in [1.807, 2.05) is 12.1 Å². The lowest BCUT2D eigenvalue weighted by Crippen LogP contribution is -1.96. The van der Waals surface area contributed by atoms with Crippen LogP contribution in [0.4, 0.5) is 0 Å². The van der Waals surface area contributed by atoms with Crippen molar-refractivity contribution < 1.29 is 10.2 Å². The Morgan fingerprint density at radius 3 is 1.87 bits per heavy atom.